The maximum absolute atomic E-state index is 12.7. The van der Waals surface area contributed by atoms with Crippen LogP contribution >= 0.6 is 23.2 Å². The van der Waals surface area contributed by atoms with Crippen molar-refractivity contribution in [1.29, 1.82) is 0 Å². The minimum Gasteiger partial charge on any atom is -0.267 e. The summed E-state index contributed by atoms with van der Waals surface area (Å²) in [5.41, 5.74) is 4.92. The number of hydrogen-bond donors (Lipinski definition) is 1. The van der Waals surface area contributed by atoms with Crippen LogP contribution in [0.3, 0.4) is 0 Å². The van der Waals surface area contributed by atoms with Gasteiger partial charge in [-0.3, -0.25) is 15.2 Å². The van der Waals surface area contributed by atoms with E-state index in [0.29, 0.717) is 15.6 Å². The molecule has 0 heterocycles. The fraction of sp³-hybridized carbons (Fsp3) is 0. The molecule has 0 radical (unpaired) electrons. The van der Waals surface area contributed by atoms with Crippen LogP contribution in [-0.4, -0.2) is 5.91 Å². The summed E-state index contributed by atoms with van der Waals surface area (Å²) in [6.45, 7) is 0. The molecule has 0 spiro atoms. The van der Waals surface area contributed by atoms with Gasteiger partial charge >= 0.3 is 0 Å². The Hall–Kier alpha value is -2.49. The van der Waals surface area contributed by atoms with Crippen LogP contribution in [0, 0.1) is 0 Å². The van der Waals surface area contributed by atoms with E-state index in [4.69, 9.17) is 23.2 Å². The van der Waals surface area contributed by atoms with E-state index in [-0.39, 0.29) is 5.91 Å². The molecule has 0 atom stereocenters. The van der Waals surface area contributed by atoms with Gasteiger partial charge in [0.25, 0.3) is 5.91 Å². The Morgan fingerprint density at radius 2 is 1.33 bits per heavy atom. The van der Waals surface area contributed by atoms with Crippen molar-refractivity contribution >= 4 is 40.5 Å². The van der Waals surface area contributed by atoms with Gasteiger partial charge in [-0.05, 0) is 42.5 Å². The van der Waals surface area contributed by atoms with Crippen LogP contribution in [0.2, 0.25) is 10.0 Å². The molecule has 0 saturated heterocycles. The highest BCUT2D eigenvalue weighted by molar-refractivity contribution is 6.36. The number of rotatable bonds is 4. The van der Waals surface area contributed by atoms with E-state index in [9.17, 15) is 4.79 Å². The molecule has 0 unspecified atom stereocenters. The molecule has 3 rings (SSSR count). The van der Waals surface area contributed by atoms with Crippen LogP contribution in [0.1, 0.15) is 10.4 Å². The lowest BCUT2D eigenvalue weighted by atomic mass is 10.2. The normalized spacial score (nSPS) is 10.2. The Morgan fingerprint density at radius 1 is 0.792 bits per heavy atom. The number of nitrogens with zero attached hydrogens (tertiary/aromatic N) is 1. The second-order valence-corrected chi connectivity index (χ2v) is 5.92. The van der Waals surface area contributed by atoms with E-state index >= 15 is 0 Å². The molecule has 0 saturated carbocycles. The summed E-state index contributed by atoms with van der Waals surface area (Å²) in [4.78, 5) is 12.7. The number of carbonyl (C=O) groups is 1. The zero-order valence-corrected chi connectivity index (χ0v) is 14.1. The first-order valence-corrected chi connectivity index (χ1v) is 8.07. The van der Waals surface area contributed by atoms with Crippen LogP contribution in [0.4, 0.5) is 11.4 Å². The molecule has 120 valence electrons. The van der Waals surface area contributed by atoms with Gasteiger partial charge in [-0.15, -0.1) is 0 Å². The average Bonchev–Trinajstić information content (AvgIpc) is 2.61. The molecule has 1 amide bonds. The van der Waals surface area contributed by atoms with Gasteiger partial charge in [0.05, 0.1) is 22.0 Å². The maximum Gasteiger partial charge on any atom is 0.271 e. The van der Waals surface area contributed by atoms with Gasteiger partial charge in [-0.2, -0.15) is 0 Å². The summed E-state index contributed by atoms with van der Waals surface area (Å²) in [7, 11) is 0. The molecule has 0 aliphatic heterocycles. The SMILES string of the molecule is O=C(NN(c1ccccc1)c1ccccc1)c1ccc(Cl)cc1Cl. The topological polar surface area (TPSA) is 32.3 Å². The quantitative estimate of drug-likeness (QED) is 0.628. The third-order valence-electron chi connectivity index (χ3n) is 3.42. The predicted octanol–water partition coefficient (Wildman–Crippen LogP) is 5.48. The Kier molecular flexibility index (Phi) is 5.04. The van der Waals surface area contributed by atoms with E-state index < -0.39 is 0 Å². The zero-order chi connectivity index (χ0) is 16.9. The minimum atomic E-state index is -0.315. The van der Waals surface area contributed by atoms with Crippen LogP contribution in [0.15, 0.2) is 78.9 Å². The summed E-state index contributed by atoms with van der Waals surface area (Å²) < 4.78 is 0. The molecule has 0 aliphatic carbocycles. The van der Waals surface area contributed by atoms with Gasteiger partial charge in [0.2, 0.25) is 0 Å². The first kappa shape index (κ1) is 16.4. The van der Waals surface area contributed by atoms with Gasteiger partial charge in [-0.25, -0.2) is 0 Å². The largest absolute Gasteiger partial charge is 0.271 e. The Morgan fingerprint density at radius 3 is 1.83 bits per heavy atom. The predicted molar refractivity (Wildman–Crippen MR) is 99.0 cm³/mol. The fourth-order valence-electron chi connectivity index (χ4n) is 2.27. The number of halogens is 2. The summed E-state index contributed by atoms with van der Waals surface area (Å²) in [5.74, 6) is -0.315. The summed E-state index contributed by atoms with van der Waals surface area (Å²) in [6, 6.07) is 23.9. The summed E-state index contributed by atoms with van der Waals surface area (Å²) in [6.07, 6.45) is 0. The smallest absolute Gasteiger partial charge is 0.267 e. The summed E-state index contributed by atoms with van der Waals surface area (Å²) >= 11 is 12.0. The number of amides is 1. The van der Waals surface area contributed by atoms with Crippen LogP contribution < -0.4 is 10.4 Å². The lowest BCUT2D eigenvalue weighted by Gasteiger charge is -2.25. The number of anilines is 2. The fourth-order valence-corrected chi connectivity index (χ4v) is 2.76. The molecule has 0 aromatic heterocycles. The van der Waals surface area contributed by atoms with E-state index in [1.807, 2.05) is 60.7 Å². The van der Waals surface area contributed by atoms with E-state index in [1.54, 1.807) is 23.2 Å². The lowest BCUT2D eigenvalue weighted by molar-refractivity contribution is 0.0954. The Labute approximate surface area is 150 Å². The van der Waals surface area contributed by atoms with Crippen molar-refractivity contribution in [2.75, 3.05) is 5.01 Å². The van der Waals surface area contributed by atoms with E-state index in [2.05, 4.69) is 5.43 Å². The molecule has 0 fully saturated rings. The number of hydrazine groups is 1. The molecule has 3 nitrogen and oxygen atoms in total. The van der Waals surface area contributed by atoms with E-state index in [0.717, 1.165) is 11.4 Å². The van der Waals surface area contributed by atoms with Crippen LogP contribution in [-0.2, 0) is 0 Å². The maximum atomic E-state index is 12.7. The number of carbonyl (C=O) groups excluding carboxylic acids is 1. The highest BCUT2D eigenvalue weighted by Crippen LogP contribution is 2.25. The lowest BCUT2D eigenvalue weighted by Crippen LogP contribution is -2.39. The van der Waals surface area contributed by atoms with Crippen molar-refractivity contribution in [3.05, 3.63) is 94.5 Å². The minimum absolute atomic E-state index is 0.307. The second kappa shape index (κ2) is 7.39. The monoisotopic (exact) mass is 356 g/mol. The molecule has 3 aromatic rings. The van der Waals surface area contributed by atoms with Crippen molar-refractivity contribution in [3.8, 4) is 0 Å². The zero-order valence-electron chi connectivity index (χ0n) is 12.6. The highest BCUT2D eigenvalue weighted by Gasteiger charge is 2.16. The number of benzene rings is 3. The Balaban J connectivity index is 1.94. The number of hydrogen-bond acceptors (Lipinski definition) is 2. The third-order valence-corrected chi connectivity index (χ3v) is 3.97. The molecular weight excluding hydrogens is 343 g/mol. The molecule has 0 aliphatic rings. The van der Waals surface area contributed by atoms with Crippen molar-refractivity contribution in [2.24, 2.45) is 0 Å². The molecule has 0 bridgehead atoms. The van der Waals surface area contributed by atoms with Crippen molar-refractivity contribution < 1.29 is 4.79 Å². The molecule has 5 heteroatoms. The molecule has 24 heavy (non-hydrogen) atoms. The molecular formula is C19H14Cl2N2O. The van der Waals surface area contributed by atoms with Gasteiger partial charge < -0.3 is 0 Å². The summed E-state index contributed by atoms with van der Waals surface area (Å²) in [5, 5.41) is 2.51. The van der Waals surface area contributed by atoms with E-state index in [1.165, 1.54) is 0 Å². The molecule has 1 N–H and O–H groups in total. The molecule has 3 aromatic carbocycles. The standard InChI is InChI=1S/C19H14Cl2N2O/c20-14-11-12-17(18(21)13-14)19(24)22-23(15-7-3-1-4-8-15)16-9-5-2-6-10-16/h1-13H,(H,22,24). The van der Waals surface area contributed by atoms with Crippen LogP contribution in [0.25, 0.3) is 0 Å². The van der Waals surface area contributed by atoms with Crippen molar-refractivity contribution in [1.82, 2.24) is 5.43 Å². The Bertz CT molecular complexity index is 799. The van der Waals surface area contributed by atoms with Gasteiger partial charge in [-0.1, -0.05) is 59.6 Å². The van der Waals surface area contributed by atoms with Gasteiger partial charge in [0.1, 0.15) is 0 Å². The first-order valence-electron chi connectivity index (χ1n) is 7.31. The second-order valence-electron chi connectivity index (χ2n) is 5.07. The first-order chi connectivity index (χ1) is 11.6. The number of para-hydroxylation sites is 2. The highest BCUT2D eigenvalue weighted by atomic mass is 35.5. The average molecular weight is 357 g/mol. The van der Waals surface area contributed by atoms with Gasteiger partial charge in [0.15, 0.2) is 0 Å². The number of nitrogens with one attached hydrogen (secondary N) is 1. The van der Waals surface area contributed by atoms with Gasteiger partial charge in [0, 0.05) is 5.02 Å². The van der Waals surface area contributed by atoms with Crippen molar-refractivity contribution in [2.45, 2.75) is 0 Å². The van der Waals surface area contributed by atoms with Crippen molar-refractivity contribution in [3.63, 3.8) is 0 Å². The third kappa shape index (κ3) is 3.70. The van der Waals surface area contributed by atoms with Crippen LogP contribution in [0.5, 0.6) is 0 Å².